The largest absolute Gasteiger partial charge is 0.383 e. The molecule has 2 N–H and O–H groups in total. The molecule has 4 nitrogen and oxygen atoms in total. The maximum Gasteiger partial charge on any atom is 0.129 e. The van der Waals surface area contributed by atoms with Crippen molar-refractivity contribution in [3.63, 3.8) is 0 Å². The molecular formula is C14H12BrFN4. The van der Waals surface area contributed by atoms with Crippen LogP contribution in [0, 0.1) is 12.7 Å². The summed E-state index contributed by atoms with van der Waals surface area (Å²) in [6.07, 6.45) is 2.19. The number of nitrogens with two attached hydrogens (primary N) is 1. The molecule has 0 amide bonds. The third-order valence-corrected chi connectivity index (χ3v) is 3.76. The zero-order valence-corrected chi connectivity index (χ0v) is 12.4. The number of halogens is 2. The summed E-state index contributed by atoms with van der Waals surface area (Å²) in [5.74, 6) is 0.742. The van der Waals surface area contributed by atoms with Gasteiger partial charge in [-0.2, -0.15) is 0 Å². The van der Waals surface area contributed by atoms with Crippen molar-refractivity contribution in [2.75, 3.05) is 0 Å². The van der Waals surface area contributed by atoms with E-state index in [1.54, 1.807) is 18.3 Å². The summed E-state index contributed by atoms with van der Waals surface area (Å²) in [4.78, 5) is 12.9. The monoisotopic (exact) mass is 334 g/mol. The lowest BCUT2D eigenvalue weighted by atomic mass is 9.96. The molecule has 0 aliphatic carbocycles. The van der Waals surface area contributed by atoms with Crippen molar-refractivity contribution >= 4 is 21.8 Å². The standard InChI is InChI=1S/C14H12BrFN4/c1-7-18-6-10-13(19-7)5-12(20-14(10)17)9-4-8(15)2-3-11(9)16/h2-4,6,12H,5H2,1H3,(H2,17,20). The molecule has 0 spiro atoms. The average Bonchev–Trinajstić information content (AvgIpc) is 2.41. The van der Waals surface area contributed by atoms with Crippen molar-refractivity contribution in [3.8, 4) is 0 Å². The van der Waals surface area contributed by atoms with E-state index in [0.29, 0.717) is 23.6 Å². The molecule has 1 aromatic carbocycles. The smallest absolute Gasteiger partial charge is 0.129 e. The maximum absolute atomic E-state index is 14.0. The zero-order chi connectivity index (χ0) is 14.3. The van der Waals surface area contributed by atoms with Gasteiger partial charge in [-0.25, -0.2) is 14.4 Å². The summed E-state index contributed by atoms with van der Waals surface area (Å²) in [5.41, 5.74) is 8.02. The van der Waals surface area contributed by atoms with Gasteiger partial charge in [0.25, 0.3) is 0 Å². The third kappa shape index (κ3) is 2.31. The third-order valence-electron chi connectivity index (χ3n) is 3.26. The van der Waals surface area contributed by atoms with Crippen molar-refractivity contribution in [1.82, 2.24) is 9.97 Å². The number of hydrogen-bond donors (Lipinski definition) is 1. The van der Waals surface area contributed by atoms with Crippen LogP contribution in [0.3, 0.4) is 0 Å². The summed E-state index contributed by atoms with van der Waals surface area (Å²) in [7, 11) is 0. The van der Waals surface area contributed by atoms with E-state index in [-0.39, 0.29) is 11.9 Å². The van der Waals surface area contributed by atoms with Crippen LogP contribution < -0.4 is 5.73 Å². The normalized spacial score (nSPS) is 17.6. The van der Waals surface area contributed by atoms with Gasteiger partial charge in [0.05, 0.1) is 17.3 Å². The Morgan fingerprint density at radius 1 is 1.40 bits per heavy atom. The van der Waals surface area contributed by atoms with Crippen LogP contribution in [0.2, 0.25) is 0 Å². The predicted octanol–water partition coefficient (Wildman–Crippen LogP) is 2.69. The molecule has 0 radical (unpaired) electrons. The fourth-order valence-electron chi connectivity index (χ4n) is 2.30. The van der Waals surface area contributed by atoms with E-state index in [1.165, 1.54) is 6.07 Å². The van der Waals surface area contributed by atoms with Crippen LogP contribution in [0.1, 0.15) is 28.7 Å². The molecule has 0 saturated heterocycles. The van der Waals surface area contributed by atoms with Crippen LogP contribution in [0.5, 0.6) is 0 Å². The Kier molecular flexibility index (Phi) is 3.25. The maximum atomic E-state index is 14.0. The second kappa shape index (κ2) is 4.94. The fraction of sp³-hybridized carbons (Fsp3) is 0.214. The van der Waals surface area contributed by atoms with E-state index in [4.69, 9.17) is 5.73 Å². The molecule has 20 heavy (non-hydrogen) atoms. The highest BCUT2D eigenvalue weighted by Gasteiger charge is 2.24. The Morgan fingerprint density at radius 2 is 2.20 bits per heavy atom. The zero-order valence-electron chi connectivity index (χ0n) is 10.8. The fourth-order valence-corrected chi connectivity index (χ4v) is 2.68. The first-order valence-electron chi connectivity index (χ1n) is 6.15. The predicted molar refractivity (Wildman–Crippen MR) is 78.0 cm³/mol. The van der Waals surface area contributed by atoms with Crippen LogP contribution in [-0.2, 0) is 6.42 Å². The molecule has 1 unspecified atom stereocenters. The highest BCUT2D eigenvalue weighted by molar-refractivity contribution is 9.10. The van der Waals surface area contributed by atoms with Crippen LogP contribution >= 0.6 is 15.9 Å². The average molecular weight is 335 g/mol. The van der Waals surface area contributed by atoms with Crippen LogP contribution in [0.4, 0.5) is 4.39 Å². The molecule has 2 heterocycles. The first kappa shape index (κ1) is 13.2. The van der Waals surface area contributed by atoms with E-state index in [0.717, 1.165) is 15.7 Å². The number of hydrogen-bond acceptors (Lipinski definition) is 4. The number of rotatable bonds is 1. The Labute approximate surface area is 124 Å². The van der Waals surface area contributed by atoms with Gasteiger partial charge in [-0.1, -0.05) is 15.9 Å². The van der Waals surface area contributed by atoms with Crippen LogP contribution in [-0.4, -0.2) is 15.8 Å². The summed E-state index contributed by atoms with van der Waals surface area (Å²) in [5, 5.41) is 0. The highest BCUT2D eigenvalue weighted by atomic mass is 79.9. The van der Waals surface area contributed by atoms with Gasteiger partial charge >= 0.3 is 0 Å². The molecule has 1 aliphatic heterocycles. The quantitative estimate of drug-likeness (QED) is 0.871. The molecule has 1 atom stereocenters. The molecule has 6 heteroatoms. The Bertz CT molecular complexity index is 714. The second-order valence-corrected chi connectivity index (χ2v) is 5.59. The van der Waals surface area contributed by atoms with Crippen molar-refractivity contribution in [2.24, 2.45) is 10.7 Å². The minimum Gasteiger partial charge on any atom is -0.383 e. The Balaban J connectivity index is 2.06. The van der Waals surface area contributed by atoms with Crippen LogP contribution in [0.25, 0.3) is 0 Å². The summed E-state index contributed by atoms with van der Waals surface area (Å²) < 4.78 is 14.8. The summed E-state index contributed by atoms with van der Waals surface area (Å²) >= 11 is 3.35. The molecule has 0 saturated carbocycles. The minimum absolute atomic E-state index is 0.288. The SMILES string of the molecule is Cc1ncc2c(n1)CC(c1cc(Br)ccc1F)N=C2N. The van der Waals surface area contributed by atoms with Gasteiger partial charge in [0, 0.05) is 22.7 Å². The number of fused-ring (bicyclic) bond motifs is 1. The van der Waals surface area contributed by atoms with E-state index >= 15 is 0 Å². The minimum atomic E-state index is -0.353. The number of aromatic nitrogens is 2. The molecular weight excluding hydrogens is 323 g/mol. The topological polar surface area (TPSA) is 64.2 Å². The van der Waals surface area contributed by atoms with E-state index in [1.807, 2.05) is 6.92 Å². The first-order chi connectivity index (χ1) is 9.54. The number of benzene rings is 1. The van der Waals surface area contributed by atoms with Gasteiger partial charge < -0.3 is 5.73 Å². The number of nitrogens with zero attached hydrogens (tertiary/aromatic N) is 3. The van der Waals surface area contributed by atoms with E-state index in [2.05, 4.69) is 30.9 Å². The Morgan fingerprint density at radius 3 is 3.00 bits per heavy atom. The number of amidine groups is 1. The lowest BCUT2D eigenvalue weighted by Gasteiger charge is -2.21. The van der Waals surface area contributed by atoms with Crippen LogP contribution in [0.15, 0.2) is 33.9 Å². The molecule has 102 valence electrons. The second-order valence-electron chi connectivity index (χ2n) is 4.68. The van der Waals surface area contributed by atoms with Crippen molar-refractivity contribution in [3.05, 3.63) is 57.3 Å². The lowest BCUT2D eigenvalue weighted by Crippen LogP contribution is -2.25. The number of aryl methyl sites for hydroxylation is 1. The van der Waals surface area contributed by atoms with Crippen molar-refractivity contribution < 1.29 is 4.39 Å². The Hall–Kier alpha value is -1.82. The van der Waals surface area contributed by atoms with E-state index in [9.17, 15) is 4.39 Å². The molecule has 2 aromatic rings. The summed E-state index contributed by atoms with van der Waals surface area (Å²) in [6.45, 7) is 1.82. The van der Waals surface area contributed by atoms with Gasteiger partial charge in [0.2, 0.25) is 0 Å². The lowest BCUT2D eigenvalue weighted by molar-refractivity contribution is 0.574. The van der Waals surface area contributed by atoms with Gasteiger partial charge in [0.1, 0.15) is 17.5 Å². The highest BCUT2D eigenvalue weighted by Crippen LogP contribution is 2.30. The summed E-state index contributed by atoms with van der Waals surface area (Å²) in [6, 6.07) is 4.46. The molecule has 0 bridgehead atoms. The molecule has 0 fully saturated rings. The van der Waals surface area contributed by atoms with Gasteiger partial charge in [-0.15, -0.1) is 0 Å². The van der Waals surface area contributed by atoms with Gasteiger partial charge in [-0.05, 0) is 25.1 Å². The van der Waals surface area contributed by atoms with E-state index < -0.39 is 0 Å². The molecule has 3 rings (SSSR count). The van der Waals surface area contributed by atoms with Crippen molar-refractivity contribution in [1.29, 1.82) is 0 Å². The van der Waals surface area contributed by atoms with Gasteiger partial charge in [0.15, 0.2) is 0 Å². The number of aliphatic imine (C=N–C) groups is 1. The van der Waals surface area contributed by atoms with Crippen molar-refractivity contribution in [2.45, 2.75) is 19.4 Å². The molecule has 1 aliphatic rings. The van der Waals surface area contributed by atoms with Gasteiger partial charge in [-0.3, -0.25) is 4.99 Å². The molecule has 1 aromatic heterocycles. The first-order valence-corrected chi connectivity index (χ1v) is 6.95.